The van der Waals surface area contributed by atoms with Crippen LogP contribution in [0, 0.1) is 0 Å². The minimum atomic E-state index is -0.419. The maximum absolute atomic E-state index is 11.5. The van der Waals surface area contributed by atoms with Crippen molar-refractivity contribution in [2.45, 2.75) is 12.5 Å². The lowest BCUT2D eigenvalue weighted by atomic mass is 10.5. The first kappa shape index (κ1) is 10.8. The first-order chi connectivity index (χ1) is 7.20. The largest absolute Gasteiger partial charge is 0.383 e. The Labute approximate surface area is 99.5 Å². The summed E-state index contributed by atoms with van der Waals surface area (Å²) < 4.78 is 12.9. The van der Waals surface area contributed by atoms with E-state index in [0.29, 0.717) is 6.61 Å². The minimum absolute atomic E-state index is 0.209. The fraction of sp³-hybridized carbons (Fsp3) is 0.500. The van der Waals surface area contributed by atoms with E-state index in [-0.39, 0.29) is 12.1 Å². The van der Waals surface area contributed by atoms with Crippen LogP contribution in [-0.2, 0) is 9.47 Å². The number of aromatic nitrogens is 2. The summed E-state index contributed by atoms with van der Waals surface area (Å²) in [5, 5.41) is 0. The minimum Gasteiger partial charge on any atom is -0.383 e. The molecule has 1 aromatic heterocycles. The number of nitrogens with two attached hydrogens (primary N) is 1. The third kappa shape index (κ3) is 2.29. The SMILES string of the molecule is Nc1ccn([C@H]2CO[C@@H](CI)O2)c(=O)n1. The Kier molecular flexibility index (Phi) is 3.22. The zero-order chi connectivity index (χ0) is 10.8. The van der Waals surface area contributed by atoms with Crippen LogP contribution < -0.4 is 11.4 Å². The molecule has 2 N–H and O–H groups in total. The van der Waals surface area contributed by atoms with Crippen LogP contribution >= 0.6 is 22.6 Å². The second-order valence-corrected chi connectivity index (χ2v) is 3.93. The van der Waals surface area contributed by atoms with Crippen molar-refractivity contribution in [2.75, 3.05) is 16.8 Å². The Morgan fingerprint density at radius 2 is 2.53 bits per heavy atom. The highest BCUT2D eigenvalue weighted by Gasteiger charge is 2.27. The van der Waals surface area contributed by atoms with E-state index in [1.165, 1.54) is 4.57 Å². The smallest absolute Gasteiger partial charge is 0.351 e. The van der Waals surface area contributed by atoms with E-state index in [1.54, 1.807) is 12.3 Å². The summed E-state index contributed by atoms with van der Waals surface area (Å²) in [5.74, 6) is 0.209. The van der Waals surface area contributed by atoms with Gasteiger partial charge in [0.2, 0.25) is 0 Å². The van der Waals surface area contributed by atoms with Gasteiger partial charge in [-0.15, -0.1) is 0 Å². The molecule has 1 fully saturated rings. The normalized spacial score (nSPS) is 25.7. The molecule has 1 aromatic rings. The fourth-order valence-electron chi connectivity index (χ4n) is 1.32. The Balaban J connectivity index is 2.20. The Hall–Kier alpha value is -0.670. The maximum atomic E-state index is 11.5. The zero-order valence-electron chi connectivity index (χ0n) is 7.80. The Morgan fingerprint density at radius 3 is 3.13 bits per heavy atom. The summed E-state index contributed by atoms with van der Waals surface area (Å²) in [6.45, 7) is 0.360. The first-order valence-corrected chi connectivity index (χ1v) is 5.91. The number of anilines is 1. The molecular weight excluding hydrogens is 313 g/mol. The van der Waals surface area contributed by atoms with E-state index < -0.39 is 11.9 Å². The van der Waals surface area contributed by atoms with Gasteiger partial charge in [-0.25, -0.2) is 4.79 Å². The van der Waals surface area contributed by atoms with Crippen LogP contribution in [0.3, 0.4) is 0 Å². The van der Waals surface area contributed by atoms with Gasteiger partial charge in [0, 0.05) is 6.20 Å². The van der Waals surface area contributed by atoms with Crippen molar-refractivity contribution >= 4 is 28.4 Å². The summed E-state index contributed by atoms with van der Waals surface area (Å²) in [4.78, 5) is 15.1. The monoisotopic (exact) mass is 323 g/mol. The van der Waals surface area contributed by atoms with Gasteiger partial charge in [-0.2, -0.15) is 4.98 Å². The molecule has 7 heteroatoms. The van der Waals surface area contributed by atoms with E-state index >= 15 is 0 Å². The molecule has 15 heavy (non-hydrogen) atoms. The topological polar surface area (TPSA) is 79.4 Å². The number of nitrogen functional groups attached to an aromatic ring is 1. The van der Waals surface area contributed by atoms with Crippen LogP contribution in [0.25, 0.3) is 0 Å². The summed E-state index contributed by atoms with van der Waals surface area (Å²) in [5.41, 5.74) is 4.96. The summed E-state index contributed by atoms with van der Waals surface area (Å²) in [6.07, 6.45) is 0.916. The molecule has 82 valence electrons. The molecule has 0 unspecified atom stereocenters. The van der Waals surface area contributed by atoms with Gasteiger partial charge < -0.3 is 15.2 Å². The summed E-state index contributed by atoms with van der Waals surface area (Å²) in [7, 11) is 0. The third-order valence-corrected chi connectivity index (χ3v) is 2.74. The molecule has 0 spiro atoms. The van der Waals surface area contributed by atoms with Crippen LogP contribution in [-0.4, -0.2) is 26.9 Å². The maximum Gasteiger partial charge on any atom is 0.351 e. The van der Waals surface area contributed by atoms with Crippen molar-refractivity contribution in [3.05, 3.63) is 22.7 Å². The van der Waals surface area contributed by atoms with Crippen LogP contribution in [0.2, 0.25) is 0 Å². The third-order valence-electron chi connectivity index (χ3n) is 2.02. The van der Waals surface area contributed by atoms with E-state index in [0.717, 1.165) is 4.43 Å². The fourth-order valence-corrected chi connectivity index (χ4v) is 1.78. The molecule has 0 aliphatic carbocycles. The number of nitrogens with zero attached hydrogens (tertiary/aromatic N) is 2. The van der Waals surface area contributed by atoms with Gasteiger partial charge in [0.15, 0.2) is 12.5 Å². The number of ether oxygens (including phenoxy) is 2. The van der Waals surface area contributed by atoms with Crippen molar-refractivity contribution < 1.29 is 9.47 Å². The molecule has 0 amide bonds. The average molecular weight is 323 g/mol. The molecule has 1 aliphatic heterocycles. The second-order valence-electron chi connectivity index (χ2n) is 3.05. The predicted octanol–water partition coefficient (Wildman–Crippen LogP) is 0.132. The quantitative estimate of drug-likeness (QED) is 0.618. The van der Waals surface area contributed by atoms with E-state index in [9.17, 15) is 4.79 Å². The lowest BCUT2D eigenvalue weighted by Gasteiger charge is -2.11. The van der Waals surface area contributed by atoms with Crippen molar-refractivity contribution in [1.82, 2.24) is 9.55 Å². The average Bonchev–Trinajstić information content (AvgIpc) is 2.66. The molecule has 1 aliphatic rings. The van der Waals surface area contributed by atoms with Crippen molar-refractivity contribution in [3.63, 3.8) is 0 Å². The molecule has 0 radical (unpaired) electrons. The number of alkyl halides is 1. The van der Waals surface area contributed by atoms with Gasteiger partial charge in [-0.3, -0.25) is 4.57 Å². The molecule has 6 nitrogen and oxygen atoms in total. The van der Waals surface area contributed by atoms with Gasteiger partial charge in [0.25, 0.3) is 0 Å². The van der Waals surface area contributed by atoms with E-state index in [1.807, 2.05) is 0 Å². The Bertz CT molecular complexity index is 408. The molecule has 0 bridgehead atoms. The Morgan fingerprint density at radius 1 is 1.73 bits per heavy atom. The highest BCUT2D eigenvalue weighted by Crippen LogP contribution is 2.20. The summed E-state index contributed by atoms with van der Waals surface area (Å²) in [6, 6.07) is 1.56. The highest BCUT2D eigenvalue weighted by molar-refractivity contribution is 14.1. The number of hydrogen-bond acceptors (Lipinski definition) is 5. The standard InChI is InChI=1S/C8H10IN3O3/c9-3-7-14-4-6(15-7)12-2-1-5(10)11-8(12)13/h1-2,6-7H,3-4H2,(H2,10,11,13)/t6-,7-/m1/s1. The van der Waals surface area contributed by atoms with Gasteiger partial charge in [-0.1, -0.05) is 22.6 Å². The van der Waals surface area contributed by atoms with Gasteiger partial charge >= 0.3 is 5.69 Å². The molecule has 2 rings (SSSR count). The zero-order valence-corrected chi connectivity index (χ0v) is 9.96. The first-order valence-electron chi connectivity index (χ1n) is 4.38. The molecule has 0 saturated carbocycles. The molecule has 2 heterocycles. The van der Waals surface area contributed by atoms with Crippen LogP contribution in [0.15, 0.2) is 17.1 Å². The molecular formula is C8H10IN3O3. The number of halogens is 1. The molecule has 0 aromatic carbocycles. The highest BCUT2D eigenvalue weighted by atomic mass is 127. The molecule has 2 atom stereocenters. The van der Waals surface area contributed by atoms with Gasteiger partial charge in [0.05, 0.1) is 11.0 Å². The lowest BCUT2D eigenvalue weighted by molar-refractivity contribution is -0.0524. The van der Waals surface area contributed by atoms with Crippen molar-refractivity contribution in [3.8, 4) is 0 Å². The number of hydrogen-bond donors (Lipinski definition) is 1. The summed E-state index contributed by atoms with van der Waals surface area (Å²) >= 11 is 2.16. The predicted molar refractivity (Wildman–Crippen MR) is 61.7 cm³/mol. The van der Waals surface area contributed by atoms with Crippen LogP contribution in [0.4, 0.5) is 5.82 Å². The number of rotatable bonds is 2. The van der Waals surface area contributed by atoms with Crippen molar-refractivity contribution in [2.24, 2.45) is 0 Å². The molecule has 1 saturated heterocycles. The van der Waals surface area contributed by atoms with Gasteiger partial charge in [0.1, 0.15) is 5.82 Å². The van der Waals surface area contributed by atoms with E-state index in [4.69, 9.17) is 15.2 Å². The van der Waals surface area contributed by atoms with E-state index in [2.05, 4.69) is 27.6 Å². The van der Waals surface area contributed by atoms with Crippen LogP contribution in [0.1, 0.15) is 6.23 Å². The van der Waals surface area contributed by atoms with Crippen LogP contribution in [0.5, 0.6) is 0 Å². The lowest BCUT2D eigenvalue weighted by Crippen LogP contribution is -2.28. The second kappa shape index (κ2) is 4.45. The van der Waals surface area contributed by atoms with Crippen molar-refractivity contribution in [1.29, 1.82) is 0 Å². The van der Waals surface area contributed by atoms with Gasteiger partial charge in [-0.05, 0) is 6.07 Å².